The van der Waals surface area contributed by atoms with Gasteiger partial charge in [0, 0.05) is 23.6 Å². The lowest BCUT2D eigenvalue weighted by Gasteiger charge is -2.26. The molecule has 0 fully saturated rings. The van der Waals surface area contributed by atoms with E-state index in [1.54, 1.807) is 32.4 Å². The highest BCUT2D eigenvalue weighted by Crippen LogP contribution is 2.37. The van der Waals surface area contributed by atoms with Crippen LogP contribution in [0.2, 0.25) is 0 Å². The van der Waals surface area contributed by atoms with Gasteiger partial charge in [0.2, 0.25) is 0 Å². The van der Waals surface area contributed by atoms with E-state index in [0.29, 0.717) is 31.6 Å². The predicted octanol–water partition coefficient (Wildman–Crippen LogP) is 5.49. The van der Waals surface area contributed by atoms with Gasteiger partial charge in [-0.2, -0.15) is 5.10 Å². The highest BCUT2D eigenvalue weighted by atomic mass is 16.5. The highest BCUT2D eigenvalue weighted by Gasteiger charge is 2.29. The molecule has 3 rings (SSSR count). The molecule has 2 N–H and O–H groups in total. The number of hydrogen-bond acceptors (Lipinski definition) is 5. The number of benzene rings is 2. The third-order valence-electron chi connectivity index (χ3n) is 6.11. The molecule has 2 aromatic carbocycles. The SMILES string of the molecule is CC(C)(O)CCOC(C)(C)C(=O)CCc1cc(-n2cc3ccccc3n2)c(O)c(C(C)(C)C)c1. The minimum absolute atomic E-state index is 0.00000670. The smallest absolute Gasteiger partial charge is 0.164 e. The standard InChI is InChI=1S/C28H38N2O4/c1-26(2,3)21-16-19(12-13-24(31)28(6,7)34-15-14-27(4,5)33)17-23(25(21)32)30-18-20-10-8-9-11-22(20)29-30/h8-11,16-18,32-33H,12-15H2,1-7H3. The van der Waals surface area contributed by atoms with Gasteiger partial charge in [0.1, 0.15) is 17.0 Å². The molecule has 0 unspecified atom stereocenters. The van der Waals surface area contributed by atoms with Crippen LogP contribution < -0.4 is 0 Å². The molecule has 0 amide bonds. The number of aromatic nitrogens is 2. The third kappa shape index (κ3) is 6.24. The van der Waals surface area contributed by atoms with E-state index in [2.05, 4.69) is 25.9 Å². The summed E-state index contributed by atoms with van der Waals surface area (Å²) in [5, 5.41) is 26.7. The molecule has 6 nitrogen and oxygen atoms in total. The maximum absolute atomic E-state index is 13.0. The van der Waals surface area contributed by atoms with Crippen LogP contribution in [-0.4, -0.2) is 43.6 Å². The maximum atomic E-state index is 13.0. The Kier molecular flexibility index (Phi) is 7.25. The number of ketones is 1. The quantitative estimate of drug-likeness (QED) is 0.436. The van der Waals surface area contributed by atoms with Gasteiger partial charge in [-0.1, -0.05) is 45.0 Å². The fraction of sp³-hybridized carbons (Fsp3) is 0.500. The van der Waals surface area contributed by atoms with Crippen molar-refractivity contribution >= 4 is 16.7 Å². The molecule has 0 bridgehead atoms. The Bertz CT molecular complexity index is 1130. The second-order valence-corrected chi connectivity index (χ2v) is 11.2. The normalized spacial score (nSPS) is 12.9. The molecule has 34 heavy (non-hydrogen) atoms. The Morgan fingerprint density at radius 2 is 1.74 bits per heavy atom. The summed E-state index contributed by atoms with van der Waals surface area (Å²) < 4.78 is 7.53. The fourth-order valence-electron chi connectivity index (χ4n) is 3.85. The lowest BCUT2D eigenvalue weighted by atomic mass is 9.84. The van der Waals surface area contributed by atoms with Crippen LogP contribution in [0.4, 0.5) is 0 Å². The average molecular weight is 467 g/mol. The second-order valence-electron chi connectivity index (χ2n) is 11.2. The van der Waals surface area contributed by atoms with Crippen molar-refractivity contribution in [2.45, 2.75) is 84.3 Å². The molecule has 6 heteroatoms. The largest absolute Gasteiger partial charge is 0.505 e. The summed E-state index contributed by atoms with van der Waals surface area (Å²) >= 11 is 0. The van der Waals surface area contributed by atoms with Crippen LogP contribution in [0.25, 0.3) is 16.6 Å². The van der Waals surface area contributed by atoms with Gasteiger partial charge in [-0.25, -0.2) is 4.68 Å². The van der Waals surface area contributed by atoms with Crippen molar-refractivity contribution in [1.29, 1.82) is 0 Å². The van der Waals surface area contributed by atoms with Crippen molar-refractivity contribution in [3.8, 4) is 11.4 Å². The lowest BCUT2D eigenvalue weighted by molar-refractivity contribution is -0.142. The number of ether oxygens (including phenoxy) is 1. The molecule has 3 aromatic rings. The number of phenolic OH excluding ortho intramolecular Hbond substituents is 1. The van der Waals surface area contributed by atoms with E-state index in [4.69, 9.17) is 4.74 Å². The average Bonchev–Trinajstić information content (AvgIpc) is 3.14. The molecule has 184 valence electrons. The van der Waals surface area contributed by atoms with E-state index in [1.807, 2.05) is 42.6 Å². The van der Waals surface area contributed by atoms with E-state index in [1.165, 1.54) is 0 Å². The lowest BCUT2D eigenvalue weighted by Crippen LogP contribution is -2.37. The number of hydrogen-bond donors (Lipinski definition) is 2. The minimum Gasteiger partial charge on any atom is -0.505 e. The summed E-state index contributed by atoms with van der Waals surface area (Å²) in [6, 6.07) is 11.7. The zero-order valence-electron chi connectivity index (χ0n) is 21.5. The van der Waals surface area contributed by atoms with Crippen molar-refractivity contribution in [2.75, 3.05) is 6.61 Å². The molecule has 0 aliphatic rings. The third-order valence-corrected chi connectivity index (χ3v) is 6.11. The van der Waals surface area contributed by atoms with Crippen LogP contribution in [0.15, 0.2) is 42.6 Å². The number of rotatable bonds is 9. The first kappa shape index (κ1) is 25.9. The first-order valence-electron chi connectivity index (χ1n) is 11.9. The minimum atomic E-state index is -0.933. The highest BCUT2D eigenvalue weighted by molar-refractivity contribution is 5.86. The van der Waals surface area contributed by atoms with Gasteiger partial charge < -0.3 is 14.9 Å². The van der Waals surface area contributed by atoms with Crippen molar-refractivity contribution in [3.63, 3.8) is 0 Å². The zero-order chi connectivity index (χ0) is 25.3. The molecule has 1 aromatic heterocycles. The van der Waals surface area contributed by atoms with Crippen LogP contribution in [0.1, 0.15) is 72.4 Å². The van der Waals surface area contributed by atoms with Crippen LogP contribution in [0, 0.1) is 0 Å². The Morgan fingerprint density at radius 1 is 1.06 bits per heavy atom. The van der Waals surface area contributed by atoms with Gasteiger partial charge in [0.25, 0.3) is 0 Å². The van der Waals surface area contributed by atoms with E-state index in [-0.39, 0.29) is 16.9 Å². The molecule has 0 atom stereocenters. The van der Waals surface area contributed by atoms with E-state index < -0.39 is 11.2 Å². The molecule has 1 heterocycles. The number of Topliss-reactive ketones (excluding diaryl/α,β-unsaturated/α-hetero) is 1. The van der Waals surface area contributed by atoms with Crippen molar-refractivity contribution in [3.05, 3.63) is 53.7 Å². The monoisotopic (exact) mass is 466 g/mol. The number of phenols is 1. The van der Waals surface area contributed by atoms with Crippen molar-refractivity contribution in [2.24, 2.45) is 0 Å². The zero-order valence-corrected chi connectivity index (χ0v) is 21.5. The van der Waals surface area contributed by atoms with Crippen LogP contribution >= 0.6 is 0 Å². The van der Waals surface area contributed by atoms with Gasteiger partial charge in [-0.15, -0.1) is 0 Å². The van der Waals surface area contributed by atoms with Crippen molar-refractivity contribution in [1.82, 2.24) is 9.78 Å². The van der Waals surface area contributed by atoms with E-state index in [9.17, 15) is 15.0 Å². The predicted molar refractivity (Wildman–Crippen MR) is 136 cm³/mol. The topological polar surface area (TPSA) is 84.6 Å². The maximum Gasteiger partial charge on any atom is 0.164 e. The number of nitrogens with zero attached hydrogens (tertiary/aromatic N) is 2. The van der Waals surface area contributed by atoms with Crippen LogP contribution in [-0.2, 0) is 21.4 Å². The molecular weight excluding hydrogens is 428 g/mol. The summed E-state index contributed by atoms with van der Waals surface area (Å²) in [6.45, 7) is 13.5. The molecule has 0 saturated heterocycles. The summed E-state index contributed by atoms with van der Waals surface area (Å²) in [5.74, 6) is 0.200. The number of fused-ring (bicyclic) bond motifs is 1. The van der Waals surface area contributed by atoms with Gasteiger partial charge in [-0.05, 0) is 63.6 Å². The molecular formula is C28H38N2O4. The Labute approximate surface area is 202 Å². The molecule has 0 aliphatic carbocycles. The summed E-state index contributed by atoms with van der Waals surface area (Å²) in [5.41, 5.74) is 1.17. The molecule has 0 saturated carbocycles. The number of carbonyl (C=O) groups is 1. The first-order chi connectivity index (χ1) is 15.7. The molecule has 0 spiro atoms. The van der Waals surface area contributed by atoms with Crippen LogP contribution in [0.5, 0.6) is 5.75 Å². The number of carbonyl (C=O) groups excluding carboxylic acids is 1. The van der Waals surface area contributed by atoms with Gasteiger partial charge in [0.05, 0.1) is 17.7 Å². The molecule has 0 aliphatic heterocycles. The summed E-state index contributed by atoms with van der Waals surface area (Å²) in [6.07, 6.45) is 3.20. The van der Waals surface area contributed by atoms with Gasteiger partial charge >= 0.3 is 0 Å². The first-order valence-corrected chi connectivity index (χ1v) is 11.9. The second kappa shape index (κ2) is 9.51. The van der Waals surface area contributed by atoms with E-state index >= 15 is 0 Å². The Balaban J connectivity index is 1.85. The fourth-order valence-corrected chi connectivity index (χ4v) is 3.85. The Morgan fingerprint density at radius 3 is 2.35 bits per heavy atom. The van der Waals surface area contributed by atoms with Gasteiger partial charge in [-0.3, -0.25) is 4.79 Å². The van der Waals surface area contributed by atoms with Crippen LogP contribution in [0.3, 0.4) is 0 Å². The summed E-state index contributed by atoms with van der Waals surface area (Å²) in [7, 11) is 0. The molecule has 0 radical (unpaired) electrons. The summed E-state index contributed by atoms with van der Waals surface area (Å²) in [4.78, 5) is 13.0. The Hall–Kier alpha value is -2.70. The number of aliphatic hydroxyl groups is 1. The number of aryl methyl sites for hydroxylation is 1. The van der Waals surface area contributed by atoms with E-state index in [0.717, 1.165) is 22.0 Å². The van der Waals surface area contributed by atoms with Crippen molar-refractivity contribution < 1.29 is 19.7 Å². The van der Waals surface area contributed by atoms with Gasteiger partial charge in [0.15, 0.2) is 5.78 Å². The number of aromatic hydroxyl groups is 1.